The number of aromatic carboxylic acids is 1. The number of aromatic nitrogens is 2. The van der Waals surface area contributed by atoms with E-state index in [1.165, 1.54) is 0 Å². The van der Waals surface area contributed by atoms with Gasteiger partial charge in [0.05, 0.1) is 12.7 Å². The first-order valence-electron chi connectivity index (χ1n) is 7.93. The first kappa shape index (κ1) is 17.4. The summed E-state index contributed by atoms with van der Waals surface area (Å²) in [5, 5.41) is 9.83. The van der Waals surface area contributed by atoms with Crippen molar-refractivity contribution in [2.24, 2.45) is 0 Å². The molecule has 0 saturated carbocycles. The SMILES string of the molecule is COc1ccnc(N2CCN(Cc3c(Cl)cccc3C(=O)O)CC2)n1. The van der Waals surface area contributed by atoms with Crippen LogP contribution in [0.3, 0.4) is 0 Å². The molecule has 25 heavy (non-hydrogen) atoms. The minimum atomic E-state index is -0.957. The highest BCUT2D eigenvalue weighted by Crippen LogP contribution is 2.23. The molecule has 0 aliphatic carbocycles. The molecule has 2 aromatic rings. The lowest BCUT2D eigenvalue weighted by atomic mass is 10.1. The molecule has 1 N–H and O–H groups in total. The molecule has 132 valence electrons. The van der Waals surface area contributed by atoms with Crippen LogP contribution in [0.5, 0.6) is 5.88 Å². The van der Waals surface area contributed by atoms with Gasteiger partial charge in [-0.1, -0.05) is 17.7 Å². The number of piperazine rings is 1. The molecule has 1 aliphatic heterocycles. The molecule has 0 bridgehead atoms. The Hall–Kier alpha value is -2.38. The van der Waals surface area contributed by atoms with Crippen molar-refractivity contribution in [1.29, 1.82) is 0 Å². The van der Waals surface area contributed by atoms with Crippen molar-refractivity contribution in [3.8, 4) is 5.88 Å². The van der Waals surface area contributed by atoms with E-state index in [-0.39, 0.29) is 5.56 Å². The number of benzene rings is 1. The lowest BCUT2D eigenvalue weighted by Crippen LogP contribution is -2.46. The van der Waals surface area contributed by atoms with E-state index in [0.717, 1.165) is 26.2 Å². The summed E-state index contributed by atoms with van der Waals surface area (Å²) >= 11 is 6.22. The lowest BCUT2D eigenvalue weighted by molar-refractivity contribution is 0.0694. The number of carboxylic acids is 1. The van der Waals surface area contributed by atoms with Gasteiger partial charge in [-0.05, 0) is 17.7 Å². The van der Waals surface area contributed by atoms with Gasteiger partial charge in [0.1, 0.15) is 0 Å². The summed E-state index contributed by atoms with van der Waals surface area (Å²) in [6, 6.07) is 6.69. The van der Waals surface area contributed by atoms with Crippen molar-refractivity contribution in [2.75, 3.05) is 38.2 Å². The van der Waals surface area contributed by atoms with Gasteiger partial charge in [-0.15, -0.1) is 0 Å². The Morgan fingerprint density at radius 3 is 2.72 bits per heavy atom. The summed E-state index contributed by atoms with van der Waals surface area (Å²) in [5.74, 6) is 0.221. The predicted molar refractivity (Wildman–Crippen MR) is 94.5 cm³/mol. The van der Waals surface area contributed by atoms with Crippen molar-refractivity contribution in [3.05, 3.63) is 46.6 Å². The monoisotopic (exact) mass is 362 g/mol. The second-order valence-electron chi connectivity index (χ2n) is 5.73. The van der Waals surface area contributed by atoms with Crippen molar-refractivity contribution in [1.82, 2.24) is 14.9 Å². The molecule has 8 heteroatoms. The fourth-order valence-electron chi connectivity index (χ4n) is 2.85. The Morgan fingerprint density at radius 2 is 2.04 bits per heavy atom. The van der Waals surface area contributed by atoms with Crippen LogP contribution >= 0.6 is 11.6 Å². The van der Waals surface area contributed by atoms with Gasteiger partial charge in [-0.3, -0.25) is 4.90 Å². The molecule has 1 aromatic carbocycles. The molecular formula is C17H19ClN4O3. The van der Waals surface area contributed by atoms with E-state index in [0.29, 0.717) is 29.0 Å². The Morgan fingerprint density at radius 1 is 1.28 bits per heavy atom. The standard InChI is InChI=1S/C17H19ClN4O3/c1-25-15-5-6-19-17(20-15)22-9-7-21(8-10-22)11-13-12(16(23)24)3-2-4-14(13)18/h2-6H,7-11H2,1H3,(H,23,24). The van der Waals surface area contributed by atoms with Gasteiger partial charge < -0.3 is 14.7 Å². The van der Waals surface area contributed by atoms with Gasteiger partial charge in [-0.25, -0.2) is 9.78 Å². The van der Waals surface area contributed by atoms with Crippen LogP contribution in [-0.2, 0) is 6.54 Å². The Kier molecular flexibility index (Phi) is 5.35. The van der Waals surface area contributed by atoms with Gasteiger partial charge >= 0.3 is 5.97 Å². The van der Waals surface area contributed by atoms with E-state index in [4.69, 9.17) is 16.3 Å². The second-order valence-corrected chi connectivity index (χ2v) is 6.14. The highest BCUT2D eigenvalue weighted by Gasteiger charge is 2.22. The summed E-state index contributed by atoms with van der Waals surface area (Å²) in [6.45, 7) is 3.55. The van der Waals surface area contributed by atoms with Crippen molar-refractivity contribution in [3.63, 3.8) is 0 Å². The first-order valence-corrected chi connectivity index (χ1v) is 8.31. The number of halogens is 1. The van der Waals surface area contributed by atoms with E-state index < -0.39 is 5.97 Å². The van der Waals surface area contributed by atoms with Crippen LogP contribution in [0.15, 0.2) is 30.5 Å². The predicted octanol–water partition coefficient (Wildman–Crippen LogP) is 2.16. The number of hydrogen-bond acceptors (Lipinski definition) is 6. The van der Waals surface area contributed by atoms with Crippen molar-refractivity contribution >= 4 is 23.5 Å². The van der Waals surface area contributed by atoms with Gasteiger partial charge in [0, 0.05) is 50.0 Å². The highest BCUT2D eigenvalue weighted by atomic mass is 35.5. The van der Waals surface area contributed by atoms with E-state index in [2.05, 4.69) is 19.8 Å². The molecule has 1 aromatic heterocycles. The smallest absolute Gasteiger partial charge is 0.336 e. The van der Waals surface area contributed by atoms with E-state index in [1.54, 1.807) is 37.6 Å². The minimum absolute atomic E-state index is 0.256. The zero-order chi connectivity index (χ0) is 17.8. The van der Waals surface area contributed by atoms with Crippen LogP contribution in [0.1, 0.15) is 15.9 Å². The third-order valence-corrected chi connectivity index (χ3v) is 4.57. The molecule has 1 aliphatic rings. The fraction of sp³-hybridized carbons (Fsp3) is 0.353. The second kappa shape index (κ2) is 7.67. The minimum Gasteiger partial charge on any atom is -0.481 e. The molecule has 0 radical (unpaired) electrons. The summed E-state index contributed by atoms with van der Waals surface area (Å²) in [4.78, 5) is 24.3. The Labute approximate surface area is 150 Å². The van der Waals surface area contributed by atoms with E-state index >= 15 is 0 Å². The molecule has 0 amide bonds. The maximum atomic E-state index is 11.4. The molecule has 2 heterocycles. The van der Waals surface area contributed by atoms with Crippen LogP contribution in [0.2, 0.25) is 5.02 Å². The zero-order valence-electron chi connectivity index (χ0n) is 13.9. The van der Waals surface area contributed by atoms with Crippen molar-refractivity contribution < 1.29 is 14.6 Å². The molecule has 0 atom stereocenters. The number of hydrogen-bond donors (Lipinski definition) is 1. The molecule has 7 nitrogen and oxygen atoms in total. The van der Waals surface area contributed by atoms with Crippen LogP contribution in [0, 0.1) is 0 Å². The number of methoxy groups -OCH3 is 1. The van der Waals surface area contributed by atoms with Gasteiger partial charge in [-0.2, -0.15) is 4.98 Å². The lowest BCUT2D eigenvalue weighted by Gasteiger charge is -2.35. The number of carboxylic acid groups (broad SMARTS) is 1. The highest BCUT2D eigenvalue weighted by molar-refractivity contribution is 6.31. The summed E-state index contributed by atoms with van der Waals surface area (Å²) in [7, 11) is 1.58. The molecule has 1 fully saturated rings. The number of anilines is 1. The van der Waals surface area contributed by atoms with Crippen LogP contribution in [0.25, 0.3) is 0 Å². The molecule has 0 unspecified atom stereocenters. The average Bonchev–Trinajstić information content (AvgIpc) is 2.64. The van der Waals surface area contributed by atoms with Crippen LogP contribution in [0.4, 0.5) is 5.95 Å². The van der Waals surface area contributed by atoms with Gasteiger partial charge in [0.15, 0.2) is 0 Å². The first-order chi connectivity index (χ1) is 12.1. The maximum absolute atomic E-state index is 11.4. The fourth-order valence-corrected chi connectivity index (χ4v) is 3.08. The largest absolute Gasteiger partial charge is 0.481 e. The normalized spacial score (nSPS) is 15.2. The summed E-state index contributed by atoms with van der Waals surface area (Å²) < 4.78 is 5.14. The summed E-state index contributed by atoms with van der Waals surface area (Å²) in [5.41, 5.74) is 0.911. The molecule has 0 spiro atoms. The van der Waals surface area contributed by atoms with Crippen LogP contribution in [-0.4, -0.2) is 59.2 Å². The van der Waals surface area contributed by atoms with Gasteiger partial charge in [0.2, 0.25) is 11.8 Å². The van der Waals surface area contributed by atoms with E-state index in [9.17, 15) is 9.90 Å². The zero-order valence-corrected chi connectivity index (χ0v) is 14.6. The number of rotatable bonds is 5. The molecular weight excluding hydrogens is 344 g/mol. The number of ether oxygens (including phenoxy) is 1. The Bertz CT molecular complexity index is 763. The third-order valence-electron chi connectivity index (χ3n) is 4.21. The quantitative estimate of drug-likeness (QED) is 0.873. The molecule has 3 rings (SSSR count). The summed E-state index contributed by atoms with van der Waals surface area (Å²) in [6.07, 6.45) is 1.68. The van der Waals surface area contributed by atoms with E-state index in [1.807, 2.05) is 0 Å². The topological polar surface area (TPSA) is 78.8 Å². The number of carbonyl (C=O) groups is 1. The van der Waals surface area contributed by atoms with Crippen molar-refractivity contribution in [2.45, 2.75) is 6.54 Å². The Balaban J connectivity index is 1.66. The van der Waals surface area contributed by atoms with Crippen LogP contribution < -0.4 is 9.64 Å². The maximum Gasteiger partial charge on any atom is 0.336 e. The number of nitrogens with zero attached hydrogens (tertiary/aromatic N) is 4. The third kappa shape index (κ3) is 4.00. The van der Waals surface area contributed by atoms with Gasteiger partial charge in [0.25, 0.3) is 0 Å². The molecule has 1 saturated heterocycles. The average molecular weight is 363 g/mol.